The Morgan fingerprint density at radius 3 is 2.27 bits per heavy atom. The number of halogens is 1. The number of nitrogens with zero attached hydrogens (tertiary/aromatic N) is 2. The van der Waals surface area contributed by atoms with Gasteiger partial charge in [-0.05, 0) is 23.8 Å². The molecule has 26 heavy (non-hydrogen) atoms. The molecule has 1 saturated heterocycles. The summed E-state index contributed by atoms with van der Waals surface area (Å²) in [5.41, 5.74) is 1.69. The summed E-state index contributed by atoms with van der Waals surface area (Å²) in [6.07, 6.45) is 0.520. The molecule has 0 spiro atoms. The van der Waals surface area contributed by atoms with Gasteiger partial charge in [0.05, 0.1) is 6.54 Å². The predicted molar refractivity (Wildman–Crippen MR) is 93.4 cm³/mol. The molecule has 0 bridgehead atoms. The summed E-state index contributed by atoms with van der Waals surface area (Å²) in [6.45, 7) is 0.390. The van der Waals surface area contributed by atoms with Gasteiger partial charge in [0.15, 0.2) is 0 Å². The quantitative estimate of drug-likeness (QED) is 0.776. The molecular formula is C20H19FN2O3. The molecule has 1 fully saturated rings. The Morgan fingerprint density at radius 1 is 1.04 bits per heavy atom. The van der Waals surface area contributed by atoms with Gasteiger partial charge in [0.25, 0.3) is 5.91 Å². The molecule has 2 aromatic carbocycles. The molecule has 0 aliphatic carbocycles. The van der Waals surface area contributed by atoms with Crippen molar-refractivity contribution in [2.24, 2.45) is 0 Å². The number of imide groups is 1. The number of carbonyl (C=O) groups is 3. The minimum Gasteiger partial charge on any atom is -0.337 e. The molecule has 1 heterocycles. The molecule has 1 aliphatic rings. The summed E-state index contributed by atoms with van der Waals surface area (Å²) in [5, 5.41) is 0. The normalized spacial score (nSPS) is 14.0. The lowest BCUT2D eigenvalue weighted by molar-refractivity contribution is -0.139. The van der Waals surface area contributed by atoms with Crippen LogP contribution in [0.25, 0.3) is 0 Å². The van der Waals surface area contributed by atoms with Gasteiger partial charge in [-0.3, -0.25) is 19.3 Å². The van der Waals surface area contributed by atoms with Crippen molar-refractivity contribution in [2.75, 3.05) is 7.05 Å². The molecule has 1 aliphatic heterocycles. The highest BCUT2D eigenvalue weighted by molar-refractivity contribution is 6.01. The fourth-order valence-electron chi connectivity index (χ4n) is 2.91. The third kappa shape index (κ3) is 3.79. The molecule has 2 aromatic rings. The van der Waals surface area contributed by atoms with Crippen LogP contribution in [0, 0.1) is 5.82 Å². The fraction of sp³-hybridized carbons (Fsp3) is 0.250. The maximum absolute atomic E-state index is 13.7. The summed E-state index contributed by atoms with van der Waals surface area (Å²) in [4.78, 5) is 38.5. The number of benzene rings is 2. The molecule has 6 heteroatoms. The lowest BCUT2D eigenvalue weighted by Crippen LogP contribution is -2.28. The molecule has 0 saturated carbocycles. The highest BCUT2D eigenvalue weighted by Gasteiger charge is 2.28. The van der Waals surface area contributed by atoms with Gasteiger partial charge < -0.3 is 4.90 Å². The first-order valence-corrected chi connectivity index (χ1v) is 8.36. The molecule has 0 radical (unpaired) electrons. The van der Waals surface area contributed by atoms with E-state index in [4.69, 9.17) is 0 Å². The van der Waals surface area contributed by atoms with E-state index in [1.54, 1.807) is 49.5 Å². The van der Waals surface area contributed by atoms with Crippen LogP contribution in [0.1, 0.15) is 34.3 Å². The molecule has 134 valence electrons. The van der Waals surface area contributed by atoms with E-state index >= 15 is 0 Å². The van der Waals surface area contributed by atoms with E-state index in [9.17, 15) is 18.8 Å². The van der Waals surface area contributed by atoms with Crippen LogP contribution in [0.2, 0.25) is 0 Å². The van der Waals surface area contributed by atoms with Gasteiger partial charge in [-0.15, -0.1) is 0 Å². The van der Waals surface area contributed by atoms with Crippen molar-refractivity contribution in [1.82, 2.24) is 9.80 Å². The highest BCUT2D eigenvalue weighted by atomic mass is 19.1. The van der Waals surface area contributed by atoms with Gasteiger partial charge in [-0.25, -0.2) is 4.39 Å². The average Bonchev–Trinajstić information content (AvgIpc) is 2.95. The first-order valence-electron chi connectivity index (χ1n) is 8.36. The van der Waals surface area contributed by atoms with Crippen LogP contribution >= 0.6 is 0 Å². The van der Waals surface area contributed by atoms with Gasteiger partial charge in [0.1, 0.15) is 5.82 Å². The number of likely N-dealkylation sites (tertiary alicyclic amines) is 1. The van der Waals surface area contributed by atoms with Gasteiger partial charge in [0.2, 0.25) is 11.8 Å². The van der Waals surface area contributed by atoms with Crippen LogP contribution in [0.15, 0.2) is 48.5 Å². The van der Waals surface area contributed by atoms with Crippen molar-refractivity contribution in [3.63, 3.8) is 0 Å². The maximum Gasteiger partial charge on any atom is 0.253 e. The summed E-state index contributed by atoms with van der Waals surface area (Å²) in [6, 6.07) is 13.1. The molecule has 0 N–H and O–H groups in total. The van der Waals surface area contributed by atoms with Crippen LogP contribution in [0.3, 0.4) is 0 Å². The van der Waals surface area contributed by atoms with Crippen LogP contribution in [-0.2, 0) is 22.7 Å². The topological polar surface area (TPSA) is 57.7 Å². The first-order chi connectivity index (χ1) is 12.5. The van der Waals surface area contributed by atoms with E-state index in [1.807, 2.05) is 0 Å². The van der Waals surface area contributed by atoms with Crippen molar-refractivity contribution < 1.29 is 18.8 Å². The van der Waals surface area contributed by atoms with Crippen LogP contribution in [0.5, 0.6) is 0 Å². The minimum atomic E-state index is -0.345. The minimum absolute atomic E-state index is 0.167. The van der Waals surface area contributed by atoms with E-state index in [0.717, 1.165) is 5.56 Å². The second-order valence-corrected chi connectivity index (χ2v) is 6.32. The fourth-order valence-corrected chi connectivity index (χ4v) is 2.91. The molecule has 3 rings (SSSR count). The van der Waals surface area contributed by atoms with E-state index < -0.39 is 0 Å². The predicted octanol–water partition coefficient (Wildman–Crippen LogP) is 2.75. The SMILES string of the molecule is CN(Cc1ccccc1F)C(=O)c1ccc(CN2C(=O)CCC2=O)cc1. The zero-order valence-corrected chi connectivity index (χ0v) is 14.4. The van der Waals surface area contributed by atoms with E-state index in [1.165, 1.54) is 15.9 Å². The van der Waals surface area contributed by atoms with Gasteiger partial charge in [-0.1, -0.05) is 30.3 Å². The Bertz CT molecular complexity index is 832. The summed E-state index contributed by atoms with van der Waals surface area (Å²) in [5.74, 6) is -0.907. The maximum atomic E-state index is 13.7. The van der Waals surface area contributed by atoms with Crippen LogP contribution in [0.4, 0.5) is 4.39 Å². The number of rotatable bonds is 5. The van der Waals surface area contributed by atoms with Crippen molar-refractivity contribution >= 4 is 17.7 Å². The van der Waals surface area contributed by atoms with Crippen molar-refractivity contribution in [3.05, 3.63) is 71.0 Å². The van der Waals surface area contributed by atoms with E-state index in [2.05, 4.69) is 0 Å². The van der Waals surface area contributed by atoms with E-state index in [-0.39, 0.29) is 49.5 Å². The highest BCUT2D eigenvalue weighted by Crippen LogP contribution is 2.17. The summed E-state index contributed by atoms with van der Waals surface area (Å²) in [7, 11) is 1.62. The van der Waals surface area contributed by atoms with Crippen molar-refractivity contribution in [1.29, 1.82) is 0 Å². The van der Waals surface area contributed by atoms with Gasteiger partial charge in [0, 0.05) is 37.6 Å². The zero-order valence-electron chi connectivity index (χ0n) is 14.4. The Kier molecular flexibility index (Phi) is 5.11. The van der Waals surface area contributed by atoms with Crippen LogP contribution in [-0.4, -0.2) is 34.6 Å². The third-order valence-electron chi connectivity index (χ3n) is 4.41. The van der Waals surface area contributed by atoms with Crippen LogP contribution < -0.4 is 0 Å². The van der Waals surface area contributed by atoms with Gasteiger partial charge >= 0.3 is 0 Å². The second-order valence-electron chi connectivity index (χ2n) is 6.32. The zero-order chi connectivity index (χ0) is 18.7. The lowest BCUT2D eigenvalue weighted by atomic mass is 10.1. The number of amides is 3. The molecule has 0 atom stereocenters. The van der Waals surface area contributed by atoms with Crippen molar-refractivity contribution in [2.45, 2.75) is 25.9 Å². The Labute approximate surface area is 151 Å². The molecular weight excluding hydrogens is 335 g/mol. The smallest absolute Gasteiger partial charge is 0.253 e. The molecule has 3 amide bonds. The molecule has 0 unspecified atom stereocenters. The lowest BCUT2D eigenvalue weighted by Gasteiger charge is -2.18. The standard InChI is InChI=1S/C20H19FN2O3/c1-22(13-16-4-2-3-5-17(16)21)20(26)15-8-6-14(7-9-15)12-23-18(24)10-11-19(23)25/h2-9H,10-13H2,1H3. The second kappa shape index (κ2) is 7.47. The number of hydrogen-bond donors (Lipinski definition) is 0. The first kappa shape index (κ1) is 17.8. The molecule has 0 aromatic heterocycles. The Balaban J connectivity index is 1.66. The van der Waals surface area contributed by atoms with Gasteiger partial charge in [-0.2, -0.15) is 0 Å². The number of carbonyl (C=O) groups excluding carboxylic acids is 3. The Morgan fingerprint density at radius 2 is 1.65 bits per heavy atom. The average molecular weight is 354 g/mol. The number of hydrogen-bond acceptors (Lipinski definition) is 3. The summed E-state index contributed by atoms with van der Waals surface area (Å²) < 4.78 is 13.7. The van der Waals surface area contributed by atoms with E-state index in [0.29, 0.717) is 11.1 Å². The Hall–Kier alpha value is -3.02. The largest absolute Gasteiger partial charge is 0.337 e. The molecule has 5 nitrogen and oxygen atoms in total. The monoisotopic (exact) mass is 354 g/mol. The van der Waals surface area contributed by atoms with Crippen molar-refractivity contribution in [3.8, 4) is 0 Å². The summed E-state index contributed by atoms with van der Waals surface area (Å²) >= 11 is 0. The third-order valence-corrected chi connectivity index (χ3v) is 4.41.